The Morgan fingerprint density at radius 3 is 1.58 bits per heavy atom. The highest BCUT2D eigenvalue weighted by molar-refractivity contribution is 6.13. The molecule has 22 heteroatoms. The summed E-state index contributed by atoms with van der Waals surface area (Å²) in [6.07, 6.45) is 4.75. The predicted molar refractivity (Wildman–Crippen MR) is 193 cm³/mol. The second-order valence-electron chi connectivity index (χ2n) is 12.6. The van der Waals surface area contributed by atoms with Gasteiger partial charge in [0, 0.05) is 69.4 Å². The number of hydrogen-bond donors (Lipinski definition) is 3. The second-order valence-corrected chi connectivity index (χ2v) is 12.6. The van der Waals surface area contributed by atoms with Gasteiger partial charge in [0.2, 0.25) is 35.1 Å². The van der Waals surface area contributed by atoms with E-state index in [0.29, 0.717) is 12.8 Å². The number of nitrogens with one attached hydrogen (secondary N) is 3. The molecule has 7 amide bonds. The van der Waals surface area contributed by atoms with Gasteiger partial charge in [-0.25, -0.2) is 8.78 Å². The zero-order chi connectivity index (χ0) is 43.2. The molecule has 0 saturated carbocycles. The third kappa shape index (κ3) is 17.0. The van der Waals surface area contributed by atoms with Crippen LogP contribution in [-0.4, -0.2) is 142 Å². The smallest absolute Gasteiger partial charge is 0.313 e. The average Bonchev–Trinajstić information content (AvgIpc) is 3.71. The van der Waals surface area contributed by atoms with E-state index in [9.17, 15) is 55.9 Å². The first-order valence-corrected chi connectivity index (χ1v) is 18.5. The molecule has 1 aromatic carbocycles. The lowest BCUT2D eigenvalue weighted by Crippen LogP contribution is -2.48. The zero-order valence-electron chi connectivity index (χ0n) is 31.9. The van der Waals surface area contributed by atoms with E-state index in [-0.39, 0.29) is 110 Å². The second kappa shape index (κ2) is 25.7. The monoisotopic (exact) mass is 843 g/mol. The van der Waals surface area contributed by atoms with E-state index in [4.69, 9.17) is 18.9 Å². The van der Waals surface area contributed by atoms with Crippen LogP contribution in [0.1, 0.15) is 38.5 Å². The SMILES string of the molecule is O=C(CCN1C(=O)C=CC1=O)NCCCC[C@@H](NC(=O)CCN1C(=O)C=CC1=O)C(=O)NCCOCCOCCOCCOCCC(=O)Oc1c(F)c(F)cc(F)c1F. The van der Waals surface area contributed by atoms with Crippen LogP contribution in [0.25, 0.3) is 0 Å². The van der Waals surface area contributed by atoms with Crippen molar-refractivity contribution in [1.82, 2.24) is 25.8 Å². The van der Waals surface area contributed by atoms with E-state index in [2.05, 4.69) is 20.7 Å². The van der Waals surface area contributed by atoms with Gasteiger partial charge in [-0.2, -0.15) is 8.78 Å². The maximum absolute atomic E-state index is 13.6. The summed E-state index contributed by atoms with van der Waals surface area (Å²) in [5, 5.41) is 7.98. The fourth-order valence-electron chi connectivity index (χ4n) is 5.15. The lowest BCUT2D eigenvalue weighted by Gasteiger charge is -2.20. The molecule has 59 heavy (non-hydrogen) atoms. The van der Waals surface area contributed by atoms with Gasteiger partial charge >= 0.3 is 5.97 Å². The van der Waals surface area contributed by atoms with Gasteiger partial charge in [-0.05, 0) is 19.3 Å². The number of unbranched alkanes of at least 4 members (excludes halogenated alkanes) is 1. The number of carbonyl (C=O) groups is 8. The fourth-order valence-corrected chi connectivity index (χ4v) is 5.15. The van der Waals surface area contributed by atoms with Crippen LogP contribution < -0.4 is 20.7 Å². The highest BCUT2D eigenvalue weighted by Crippen LogP contribution is 2.26. The van der Waals surface area contributed by atoms with Gasteiger partial charge in [-0.1, -0.05) is 0 Å². The third-order valence-electron chi connectivity index (χ3n) is 8.22. The van der Waals surface area contributed by atoms with Gasteiger partial charge in [0.15, 0.2) is 11.6 Å². The Morgan fingerprint density at radius 2 is 1.05 bits per heavy atom. The van der Waals surface area contributed by atoms with Crippen molar-refractivity contribution in [3.8, 4) is 5.75 Å². The Balaban J connectivity index is 1.23. The standard InChI is InChI=1S/C37H45F4N5O13/c38-24-23-25(39)35(41)36(34(24)40)59-33(53)10-15-55-17-19-57-21-22-58-20-18-56-16-12-43-37(54)26(44-28(48)9-14-46-31(51)6-7-32(46)52)3-1-2-11-42-27(47)8-13-45-29(49)4-5-30(45)50/h4-7,23,26H,1-3,8-22H2,(H,42,47)(H,43,54)(H,44,48)/t26-/m1/s1. The Labute approximate surface area is 335 Å². The molecule has 2 aliphatic rings. The number of amides is 7. The number of rotatable bonds is 29. The largest absolute Gasteiger partial charge is 0.420 e. The van der Waals surface area contributed by atoms with Gasteiger partial charge in [-0.15, -0.1) is 0 Å². The van der Waals surface area contributed by atoms with E-state index in [0.717, 1.165) is 34.1 Å². The molecule has 18 nitrogen and oxygen atoms in total. The first kappa shape index (κ1) is 47.8. The van der Waals surface area contributed by atoms with Crippen molar-refractivity contribution in [2.75, 3.05) is 79.0 Å². The molecule has 0 unspecified atom stereocenters. The van der Waals surface area contributed by atoms with Crippen molar-refractivity contribution < 1.29 is 79.6 Å². The van der Waals surface area contributed by atoms with Crippen LogP contribution in [0.5, 0.6) is 5.75 Å². The molecule has 2 heterocycles. The van der Waals surface area contributed by atoms with E-state index < -0.39 is 82.9 Å². The molecule has 0 aromatic heterocycles. The molecule has 3 rings (SSSR count). The van der Waals surface area contributed by atoms with Crippen molar-refractivity contribution >= 4 is 47.3 Å². The highest BCUT2D eigenvalue weighted by Gasteiger charge is 2.27. The van der Waals surface area contributed by atoms with Crippen molar-refractivity contribution in [3.05, 3.63) is 53.6 Å². The van der Waals surface area contributed by atoms with E-state index in [1.807, 2.05) is 0 Å². The van der Waals surface area contributed by atoms with Crippen LogP contribution in [0.15, 0.2) is 30.4 Å². The molecule has 1 aromatic rings. The van der Waals surface area contributed by atoms with Gasteiger partial charge in [0.25, 0.3) is 23.6 Å². The number of esters is 1. The number of hydrogen-bond acceptors (Lipinski definition) is 13. The molecule has 0 spiro atoms. The molecule has 0 bridgehead atoms. The quantitative estimate of drug-likeness (QED) is 0.0244. The Kier molecular flexibility index (Phi) is 20.8. The lowest BCUT2D eigenvalue weighted by atomic mass is 10.1. The zero-order valence-corrected chi connectivity index (χ0v) is 31.9. The molecule has 2 aliphatic heterocycles. The van der Waals surface area contributed by atoms with Crippen molar-refractivity contribution in [3.63, 3.8) is 0 Å². The summed E-state index contributed by atoms with van der Waals surface area (Å²) in [6.45, 7) is 0.951. The van der Waals surface area contributed by atoms with E-state index >= 15 is 0 Å². The number of nitrogens with zero attached hydrogens (tertiary/aromatic N) is 2. The Bertz CT molecular complexity index is 1680. The van der Waals surface area contributed by atoms with Crippen molar-refractivity contribution in [2.24, 2.45) is 0 Å². The molecule has 0 aliphatic carbocycles. The van der Waals surface area contributed by atoms with Gasteiger partial charge in [0.05, 0.1) is 59.3 Å². The van der Waals surface area contributed by atoms with E-state index in [1.165, 1.54) is 0 Å². The molecule has 0 saturated heterocycles. The highest BCUT2D eigenvalue weighted by atomic mass is 19.2. The van der Waals surface area contributed by atoms with Gasteiger partial charge in [0.1, 0.15) is 6.04 Å². The van der Waals surface area contributed by atoms with Crippen LogP contribution in [0.2, 0.25) is 0 Å². The minimum absolute atomic E-state index is 0.0107. The maximum Gasteiger partial charge on any atom is 0.313 e. The van der Waals surface area contributed by atoms with Crippen LogP contribution in [0, 0.1) is 23.3 Å². The lowest BCUT2D eigenvalue weighted by molar-refractivity contribution is -0.139. The molecule has 1 atom stereocenters. The summed E-state index contributed by atoms with van der Waals surface area (Å²) >= 11 is 0. The normalized spacial score (nSPS) is 14.0. The number of ether oxygens (including phenoxy) is 5. The summed E-state index contributed by atoms with van der Waals surface area (Å²) in [5.74, 6) is -13.2. The van der Waals surface area contributed by atoms with Gasteiger partial charge in [-0.3, -0.25) is 48.2 Å². The van der Waals surface area contributed by atoms with Crippen LogP contribution in [-0.2, 0) is 57.3 Å². The Hall–Kier alpha value is -5.58. The fraction of sp³-hybridized carbons (Fsp3) is 0.514. The van der Waals surface area contributed by atoms with Crippen LogP contribution >= 0.6 is 0 Å². The summed E-state index contributed by atoms with van der Waals surface area (Å²) in [6, 6.07) is -0.981. The predicted octanol–water partition coefficient (Wildman–Crippen LogP) is 0.123. The number of imide groups is 2. The van der Waals surface area contributed by atoms with Crippen LogP contribution in [0.4, 0.5) is 17.6 Å². The third-order valence-corrected chi connectivity index (χ3v) is 8.22. The van der Waals surface area contributed by atoms with Gasteiger partial charge < -0.3 is 39.6 Å². The van der Waals surface area contributed by atoms with Crippen molar-refractivity contribution in [2.45, 2.75) is 44.6 Å². The molecule has 0 fully saturated rings. The minimum Gasteiger partial charge on any atom is -0.420 e. The molecule has 3 N–H and O–H groups in total. The number of benzene rings is 1. The first-order chi connectivity index (χ1) is 28.3. The molecule has 0 radical (unpaired) electrons. The molecule has 324 valence electrons. The first-order valence-electron chi connectivity index (χ1n) is 18.5. The Morgan fingerprint density at radius 1 is 0.576 bits per heavy atom. The van der Waals surface area contributed by atoms with E-state index in [1.54, 1.807) is 0 Å². The maximum atomic E-state index is 13.6. The summed E-state index contributed by atoms with van der Waals surface area (Å²) in [5.41, 5.74) is 0. The van der Waals surface area contributed by atoms with Crippen molar-refractivity contribution in [1.29, 1.82) is 0 Å². The summed E-state index contributed by atoms with van der Waals surface area (Å²) in [4.78, 5) is 98.2. The summed E-state index contributed by atoms with van der Waals surface area (Å²) in [7, 11) is 0. The minimum atomic E-state index is -1.83. The average molecular weight is 844 g/mol. The summed E-state index contributed by atoms with van der Waals surface area (Å²) < 4.78 is 79.3. The van der Waals surface area contributed by atoms with Crippen LogP contribution in [0.3, 0.4) is 0 Å². The molecular formula is C37H45F4N5O13. The molecular weight excluding hydrogens is 798 g/mol. The number of carbonyl (C=O) groups excluding carboxylic acids is 8. The topological polar surface area (TPSA) is 225 Å². The number of halogens is 4.